The van der Waals surface area contributed by atoms with Crippen LogP contribution in [-0.4, -0.2) is 55.2 Å². The molecular weight excluding hydrogens is 270 g/mol. The van der Waals surface area contributed by atoms with Gasteiger partial charge in [-0.3, -0.25) is 4.79 Å². The van der Waals surface area contributed by atoms with Crippen molar-refractivity contribution in [1.29, 1.82) is 0 Å². The lowest BCUT2D eigenvalue weighted by Crippen LogP contribution is -2.39. The molecule has 114 valence electrons. The van der Waals surface area contributed by atoms with E-state index < -0.39 is 0 Å². The maximum absolute atomic E-state index is 11.3. The fourth-order valence-corrected chi connectivity index (χ4v) is 2.78. The molecule has 0 radical (unpaired) electrons. The minimum Gasteiger partial charge on any atom is -0.474 e. The van der Waals surface area contributed by atoms with Crippen molar-refractivity contribution in [2.24, 2.45) is 0 Å². The summed E-state index contributed by atoms with van der Waals surface area (Å²) in [5, 5.41) is 2.78. The molecule has 3 heterocycles. The van der Waals surface area contributed by atoms with Crippen LogP contribution in [0.4, 0.5) is 5.69 Å². The van der Waals surface area contributed by atoms with Crippen molar-refractivity contribution in [3.63, 3.8) is 0 Å². The van der Waals surface area contributed by atoms with Crippen molar-refractivity contribution in [3.8, 4) is 5.88 Å². The SMILES string of the molecule is COCCN1CCC(Oc2ccc3c(n2)CC(=O)N3)CC1. The molecule has 21 heavy (non-hydrogen) atoms. The minimum atomic E-state index is 0.00102. The topological polar surface area (TPSA) is 63.7 Å². The highest BCUT2D eigenvalue weighted by atomic mass is 16.5. The number of carbonyl (C=O) groups is 1. The number of ether oxygens (including phenoxy) is 2. The molecule has 6 heteroatoms. The second-order valence-corrected chi connectivity index (χ2v) is 5.52. The van der Waals surface area contributed by atoms with E-state index in [1.54, 1.807) is 7.11 Å². The smallest absolute Gasteiger partial charge is 0.230 e. The largest absolute Gasteiger partial charge is 0.474 e. The van der Waals surface area contributed by atoms with Crippen molar-refractivity contribution in [1.82, 2.24) is 9.88 Å². The number of rotatable bonds is 5. The lowest BCUT2D eigenvalue weighted by atomic mass is 10.1. The maximum Gasteiger partial charge on any atom is 0.230 e. The Bertz CT molecular complexity index is 513. The van der Waals surface area contributed by atoms with Crippen LogP contribution in [0.15, 0.2) is 12.1 Å². The molecule has 1 fully saturated rings. The molecule has 0 aliphatic carbocycles. The summed E-state index contributed by atoms with van der Waals surface area (Å²) in [6.45, 7) is 3.81. The van der Waals surface area contributed by atoms with Crippen molar-refractivity contribution in [3.05, 3.63) is 17.8 Å². The molecule has 6 nitrogen and oxygen atoms in total. The maximum atomic E-state index is 11.3. The van der Waals surface area contributed by atoms with E-state index in [0.29, 0.717) is 12.3 Å². The van der Waals surface area contributed by atoms with Crippen LogP contribution in [-0.2, 0) is 16.0 Å². The molecule has 0 spiro atoms. The number of nitrogens with one attached hydrogen (secondary N) is 1. The number of hydrogen-bond acceptors (Lipinski definition) is 5. The first-order valence-corrected chi connectivity index (χ1v) is 7.42. The van der Waals surface area contributed by atoms with Gasteiger partial charge in [-0.25, -0.2) is 4.98 Å². The molecule has 1 N–H and O–H groups in total. The van der Waals surface area contributed by atoms with E-state index in [9.17, 15) is 4.79 Å². The van der Waals surface area contributed by atoms with Crippen LogP contribution in [0, 0.1) is 0 Å². The van der Waals surface area contributed by atoms with Gasteiger partial charge >= 0.3 is 0 Å². The van der Waals surface area contributed by atoms with Crippen molar-refractivity contribution < 1.29 is 14.3 Å². The van der Waals surface area contributed by atoms with Crippen molar-refractivity contribution >= 4 is 11.6 Å². The van der Waals surface area contributed by atoms with Crippen LogP contribution in [0.5, 0.6) is 5.88 Å². The van der Waals surface area contributed by atoms with E-state index in [-0.39, 0.29) is 12.0 Å². The second-order valence-electron chi connectivity index (χ2n) is 5.52. The van der Waals surface area contributed by atoms with Crippen LogP contribution in [0.3, 0.4) is 0 Å². The number of methoxy groups -OCH3 is 1. The molecule has 1 amide bonds. The number of pyridine rings is 1. The molecule has 0 aromatic carbocycles. The lowest BCUT2D eigenvalue weighted by molar-refractivity contribution is -0.115. The monoisotopic (exact) mass is 291 g/mol. The van der Waals surface area contributed by atoms with Gasteiger partial charge in [0, 0.05) is 32.8 Å². The third-order valence-corrected chi connectivity index (χ3v) is 3.98. The molecule has 0 saturated carbocycles. The summed E-state index contributed by atoms with van der Waals surface area (Å²) in [5.41, 5.74) is 1.59. The summed E-state index contributed by atoms with van der Waals surface area (Å²) >= 11 is 0. The highest BCUT2D eigenvalue weighted by molar-refractivity contribution is 5.98. The quantitative estimate of drug-likeness (QED) is 0.879. The van der Waals surface area contributed by atoms with Gasteiger partial charge in [0.2, 0.25) is 11.8 Å². The Hall–Kier alpha value is -1.66. The highest BCUT2D eigenvalue weighted by Gasteiger charge is 2.23. The van der Waals surface area contributed by atoms with Crippen LogP contribution in [0.25, 0.3) is 0 Å². The number of nitrogens with zero attached hydrogens (tertiary/aromatic N) is 2. The Labute approximate surface area is 124 Å². The van der Waals surface area contributed by atoms with E-state index in [0.717, 1.165) is 50.5 Å². The Balaban J connectivity index is 1.52. The Kier molecular flexibility index (Phi) is 4.36. The standard InChI is InChI=1S/C15H21N3O3/c1-20-9-8-18-6-4-11(5-7-18)21-15-3-2-12-13(17-15)10-14(19)16-12/h2-3,11H,4-10H2,1H3,(H,16,19). The number of anilines is 1. The number of amides is 1. The summed E-state index contributed by atoms with van der Waals surface area (Å²) in [5.74, 6) is 0.627. The normalized spacial score (nSPS) is 19.4. The van der Waals surface area contributed by atoms with E-state index in [1.165, 1.54) is 0 Å². The van der Waals surface area contributed by atoms with Gasteiger partial charge in [0.25, 0.3) is 0 Å². The third kappa shape index (κ3) is 3.51. The summed E-state index contributed by atoms with van der Waals surface area (Å²) in [4.78, 5) is 18.1. The number of hydrogen-bond donors (Lipinski definition) is 1. The van der Waals surface area contributed by atoms with Gasteiger partial charge in [-0.15, -0.1) is 0 Å². The molecule has 3 rings (SSSR count). The van der Waals surface area contributed by atoms with E-state index >= 15 is 0 Å². The summed E-state index contributed by atoms with van der Waals surface area (Å²) in [6.07, 6.45) is 2.56. The molecule has 2 aliphatic rings. The molecule has 2 aliphatic heterocycles. The van der Waals surface area contributed by atoms with Crippen LogP contribution in [0.2, 0.25) is 0 Å². The number of aromatic nitrogens is 1. The Morgan fingerprint density at radius 1 is 1.38 bits per heavy atom. The van der Waals surface area contributed by atoms with Crippen LogP contribution in [0.1, 0.15) is 18.5 Å². The zero-order valence-electron chi connectivity index (χ0n) is 12.3. The highest BCUT2D eigenvalue weighted by Crippen LogP contribution is 2.25. The third-order valence-electron chi connectivity index (χ3n) is 3.98. The minimum absolute atomic E-state index is 0.00102. The van der Waals surface area contributed by atoms with Gasteiger partial charge in [-0.05, 0) is 18.9 Å². The van der Waals surface area contributed by atoms with E-state index in [1.807, 2.05) is 12.1 Å². The summed E-state index contributed by atoms with van der Waals surface area (Å²) in [6, 6.07) is 3.71. The zero-order valence-corrected chi connectivity index (χ0v) is 12.3. The molecule has 1 aromatic heterocycles. The number of fused-ring (bicyclic) bond motifs is 1. The summed E-state index contributed by atoms with van der Waals surface area (Å²) in [7, 11) is 1.73. The number of likely N-dealkylation sites (tertiary alicyclic amines) is 1. The van der Waals surface area contributed by atoms with Gasteiger partial charge in [0.15, 0.2) is 0 Å². The first-order chi connectivity index (χ1) is 10.2. The molecule has 0 unspecified atom stereocenters. The average molecular weight is 291 g/mol. The predicted octanol–water partition coefficient (Wildman–Crippen LogP) is 1.07. The number of piperidine rings is 1. The Morgan fingerprint density at radius 3 is 2.95 bits per heavy atom. The fourth-order valence-electron chi connectivity index (χ4n) is 2.78. The zero-order chi connectivity index (χ0) is 14.7. The van der Waals surface area contributed by atoms with Crippen molar-refractivity contribution in [2.45, 2.75) is 25.4 Å². The molecule has 1 aromatic rings. The van der Waals surface area contributed by atoms with Gasteiger partial charge in [0.1, 0.15) is 6.10 Å². The van der Waals surface area contributed by atoms with Gasteiger partial charge in [-0.2, -0.15) is 0 Å². The van der Waals surface area contributed by atoms with Gasteiger partial charge in [0.05, 0.1) is 24.4 Å². The predicted molar refractivity (Wildman–Crippen MR) is 78.5 cm³/mol. The van der Waals surface area contributed by atoms with Crippen molar-refractivity contribution in [2.75, 3.05) is 38.7 Å². The molecular formula is C15H21N3O3. The second kappa shape index (κ2) is 6.41. The van der Waals surface area contributed by atoms with Crippen LogP contribution >= 0.6 is 0 Å². The number of carbonyl (C=O) groups excluding carboxylic acids is 1. The first kappa shape index (κ1) is 14.3. The Morgan fingerprint density at radius 2 is 2.19 bits per heavy atom. The van der Waals surface area contributed by atoms with E-state index in [2.05, 4.69) is 15.2 Å². The van der Waals surface area contributed by atoms with Gasteiger partial charge < -0.3 is 19.7 Å². The average Bonchev–Trinajstić information content (AvgIpc) is 2.86. The molecule has 0 atom stereocenters. The van der Waals surface area contributed by atoms with Crippen LogP contribution < -0.4 is 10.1 Å². The van der Waals surface area contributed by atoms with E-state index in [4.69, 9.17) is 9.47 Å². The lowest BCUT2D eigenvalue weighted by Gasteiger charge is -2.31. The first-order valence-electron chi connectivity index (χ1n) is 7.42. The molecule has 1 saturated heterocycles. The fraction of sp³-hybridized carbons (Fsp3) is 0.600. The summed E-state index contributed by atoms with van der Waals surface area (Å²) < 4.78 is 11.1. The van der Waals surface area contributed by atoms with Gasteiger partial charge in [-0.1, -0.05) is 0 Å². The molecule has 0 bridgehead atoms.